The number of carboxylic acid groups (broad SMARTS) is 1. The van der Waals surface area contributed by atoms with Gasteiger partial charge in [0, 0.05) is 12.6 Å². The fraction of sp³-hybridized carbons (Fsp3) is 0.692. The van der Waals surface area contributed by atoms with Crippen LogP contribution in [0, 0.1) is 0 Å². The fourth-order valence-corrected chi connectivity index (χ4v) is 1.86. The minimum Gasteiger partial charge on any atom is -0.481 e. The lowest BCUT2D eigenvalue weighted by Crippen LogP contribution is -2.35. The quantitative estimate of drug-likeness (QED) is 0.809. The van der Waals surface area contributed by atoms with Gasteiger partial charge >= 0.3 is 5.97 Å². The highest BCUT2D eigenvalue weighted by Gasteiger charge is 2.17. The van der Waals surface area contributed by atoms with Crippen LogP contribution in [0.2, 0.25) is 0 Å². The average Bonchev–Trinajstić information content (AvgIpc) is 2.37. The first kappa shape index (κ1) is 15.3. The summed E-state index contributed by atoms with van der Waals surface area (Å²) in [7, 11) is 0. The number of aliphatic carboxylic acids is 1. The van der Waals surface area contributed by atoms with Gasteiger partial charge in [-0.15, -0.1) is 5.10 Å². The Morgan fingerprint density at radius 2 is 1.84 bits per heavy atom. The molecule has 0 aromatic carbocycles. The second-order valence-corrected chi connectivity index (χ2v) is 4.64. The number of carboxylic acids is 1. The molecule has 6 nitrogen and oxygen atoms in total. The minimum absolute atomic E-state index is 0.0680. The molecule has 106 valence electrons. The van der Waals surface area contributed by atoms with Crippen LogP contribution in [0.5, 0.6) is 0 Å². The first-order chi connectivity index (χ1) is 8.99. The van der Waals surface area contributed by atoms with E-state index in [2.05, 4.69) is 15.2 Å². The molecule has 1 N–H and O–H groups in total. The number of rotatable bonds is 7. The number of carbonyl (C=O) groups is 1. The monoisotopic (exact) mass is 266 g/mol. The maximum atomic E-state index is 10.7. The number of hydrogen-bond acceptors (Lipinski definition) is 5. The highest BCUT2D eigenvalue weighted by molar-refractivity contribution is 5.67. The molecular weight excluding hydrogens is 244 g/mol. The zero-order chi connectivity index (χ0) is 14.4. The lowest BCUT2D eigenvalue weighted by atomic mass is 10.2. The molecule has 0 aliphatic heterocycles. The molecule has 0 unspecified atom stereocenters. The molecule has 0 radical (unpaired) electrons. The Labute approximate surface area is 113 Å². The summed E-state index contributed by atoms with van der Waals surface area (Å²) in [5.74, 6) is -0.301. The molecule has 0 spiro atoms. The molecule has 0 saturated carbocycles. The van der Waals surface area contributed by atoms with Crippen LogP contribution in [0.25, 0.3) is 0 Å². The van der Waals surface area contributed by atoms with Crippen molar-refractivity contribution in [2.45, 2.75) is 53.0 Å². The predicted molar refractivity (Wildman–Crippen MR) is 73.3 cm³/mol. The highest BCUT2D eigenvalue weighted by atomic mass is 16.4. The summed E-state index contributed by atoms with van der Waals surface area (Å²) in [6.45, 7) is 8.43. The zero-order valence-corrected chi connectivity index (χ0v) is 12.1. The van der Waals surface area contributed by atoms with Crippen molar-refractivity contribution in [2.24, 2.45) is 0 Å². The molecule has 0 aliphatic rings. The standard InChI is InChI=1S/C13H22N4O2/c1-5-10-11(6-2)15-16-13(14-10)17(9(3)4)8-7-12(18)19/h9H,5-8H2,1-4H3,(H,18,19). The lowest BCUT2D eigenvalue weighted by Gasteiger charge is -2.26. The lowest BCUT2D eigenvalue weighted by molar-refractivity contribution is -0.136. The summed E-state index contributed by atoms with van der Waals surface area (Å²) in [6, 6.07) is 0.137. The molecule has 0 aliphatic carbocycles. The van der Waals surface area contributed by atoms with E-state index in [1.165, 1.54) is 0 Å². The van der Waals surface area contributed by atoms with E-state index < -0.39 is 5.97 Å². The van der Waals surface area contributed by atoms with E-state index in [1.807, 2.05) is 32.6 Å². The van der Waals surface area contributed by atoms with Crippen molar-refractivity contribution in [1.82, 2.24) is 15.2 Å². The van der Waals surface area contributed by atoms with E-state index in [0.29, 0.717) is 12.5 Å². The van der Waals surface area contributed by atoms with Gasteiger partial charge in [0.15, 0.2) is 0 Å². The molecule has 19 heavy (non-hydrogen) atoms. The third-order valence-electron chi connectivity index (χ3n) is 2.94. The van der Waals surface area contributed by atoms with Gasteiger partial charge in [-0.1, -0.05) is 13.8 Å². The van der Waals surface area contributed by atoms with Crippen molar-refractivity contribution in [3.8, 4) is 0 Å². The van der Waals surface area contributed by atoms with Gasteiger partial charge in [-0.25, -0.2) is 4.98 Å². The van der Waals surface area contributed by atoms with Crippen molar-refractivity contribution in [1.29, 1.82) is 0 Å². The largest absolute Gasteiger partial charge is 0.481 e. The second kappa shape index (κ2) is 7.01. The molecule has 1 rings (SSSR count). The Morgan fingerprint density at radius 3 is 2.32 bits per heavy atom. The third-order valence-corrected chi connectivity index (χ3v) is 2.94. The number of anilines is 1. The SMILES string of the molecule is CCc1nnc(N(CCC(=O)O)C(C)C)nc1CC. The average molecular weight is 266 g/mol. The van der Waals surface area contributed by atoms with Crippen LogP contribution < -0.4 is 4.90 Å². The normalized spacial score (nSPS) is 10.8. The van der Waals surface area contributed by atoms with Crippen LogP contribution >= 0.6 is 0 Å². The van der Waals surface area contributed by atoms with Crippen LogP contribution in [0.1, 0.15) is 45.5 Å². The number of aryl methyl sites for hydroxylation is 2. The molecular formula is C13H22N4O2. The summed E-state index contributed by atoms with van der Waals surface area (Å²) >= 11 is 0. The summed E-state index contributed by atoms with van der Waals surface area (Å²) in [6.07, 6.45) is 1.68. The Morgan fingerprint density at radius 1 is 1.21 bits per heavy atom. The second-order valence-electron chi connectivity index (χ2n) is 4.64. The molecule has 0 amide bonds. The Bertz CT molecular complexity index is 435. The predicted octanol–water partition coefficient (Wildman–Crippen LogP) is 1.69. The van der Waals surface area contributed by atoms with Crippen molar-refractivity contribution in [2.75, 3.05) is 11.4 Å². The van der Waals surface area contributed by atoms with Crippen molar-refractivity contribution >= 4 is 11.9 Å². The van der Waals surface area contributed by atoms with Gasteiger partial charge in [-0.05, 0) is 26.7 Å². The molecule has 0 fully saturated rings. The summed E-state index contributed by atoms with van der Waals surface area (Å²) < 4.78 is 0. The minimum atomic E-state index is -0.820. The maximum absolute atomic E-state index is 10.7. The van der Waals surface area contributed by atoms with Gasteiger partial charge in [0.2, 0.25) is 5.95 Å². The molecule has 6 heteroatoms. The first-order valence-electron chi connectivity index (χ1n) is 6.70. The van der Waals surface area contributed by atoms with E-state index in [1.54, 1.807) is 0 Å². The van der Waals surface area contributed by atoms with Gasteiger partial charge in [-0.3, -0.25) is 4.79 Å². The van der Waals surface area contributed by atoms with E-state index in [-0.39, 0.29) is 12.5 Å². The molecule has 0 saturated heterocycles. The van der Waals surface area contributed by atoms with Gasteiger partial charge < -0.3 is 10.0 Å². The topological polar surface area (TPSA) is 79.2 Å². The maximum Gasteiger partial charge on any atom is 0.305 e. The molecule has 1 aromatic rings. The van der Waals surface area contributed by atoms with E-state index >= 15 is 0 Å². The van der Waals surface area contributed by atoms with Gasteiger partial charge in [0.25, 0.3) is 0 Å². The van der Waals surface area contributed by atoms with E-state index in [4.69, 9.17) is 5.11 Å². The zero-order valence-electron chi connectivity index (χ0n) is 12.1. The third kappa shape index (κ3) is 4.15. The van der Waals surface area contributed by atoms with Crippen LogP contribution in [0.3, 0.4) is 0 Å². The van der Waals surface area contributed by atoms with Crippen molar-refractivity contribution in [3.63, 3.8) is 0 Å². The van der Waals surface area contributed by atoms with Crippen LogP contribution in [-0.2, 0) is 17.6 Å². The summed E-state index contributed by atoms with van der Waals surface area (Å²) in [5, 5.41) is 17.1. The van der Waals surface area contributed by atoms with Crippen LogP contribution in [0.4, 0.5) is 5.95 Å². The molecule has 0 bridgehead atoms. The number of hydrogen-bond donors (Lipinski definition) is 1. The van der Waals surface area contributed by atoms with Gasteiger partial charge in [-0.2, -0.15) is 5.10 Å². The highest BCUT2D eigenvalue weighted by Crippen LogP contribution is 2.14. The number of nitrogens with zero attached hydrogens (tertiary/aromatic N) is 4. The summed E-state index contributed by atoms with van der Waals surface area (Å²) in [4.78, 5) is 17.1. The van der Waals surface area contributed by atoms with Crippen LogP contribution in [-0.4, -0.2) is 38.8 Å². The fourth-order valence-electron chi connectivity index (χ4n) is 1.86. The molecule has 0 atom stereocenters. The van der Waals surface area contributed by atoms with E-state index in [0.717, 1.165) is 24.2 Å². The van der Waals surface area contributed by atoms with Crippen LogP contribution in [0.15, 0.2) is 0 Å². The summed E-state index contributed by atoms with van der Waals surface area (Å²) in [5.41, 5.74) is 1.85. The Hall–Kier alpha value is -1.72. The van der Waals surface area contributed by atoms with Crippen molar-refractivity contribution < 1.29 is 9.90 Å². The van der Waals surface area contributed by atoms with Crippen molar-refractivity contribution in [3.05, 3.63) is 11.4 Å². The van der Waals surface area contributed by atoms with E-state index in [9.17, 15) is 4.79 Å². The van der Waals surface area contributed by atoms with Gasteiger partial charge in [0.1, 0.15) is 0 Å². The molecule has 1 aromatic heterocycles. The Kier molecular flexibility index (Phi) is 5.66. The molecule has 1 heterocycles. The van der Waals surface area contributed by atoms with Gasteiger partial charge in [0.05, 0.1) is 17.8 Å². The smallest absolute Gasteiger partial charge is 0.305 e. The Balaban J connectivity index is 2.99. The first-order valence-corrected chi connectivity index (χ1v) is 6.70. The number of aromatic nitrogens is 3.